The summed E-state index contributed by atoms with van der Waals surface area (Å²) >= 11 is 1.43. The predicted octanol–water partition coefficient (Wildman–Crippen LogP) is 1.81. The van der Waals surface area contributed by atoms with E-state index in [4.69, 9.17) is 0 Å². The molecule has 3 rings (SSSR count). The van der Waals surface area contributed by atoms with Crippen molar-refractivity contribution in [1.82, 2.24) is 15.2 Å². The molecule has 3 heterocycles. The highest BCUT2D eigenvalue weighted by molar-refractivity contribution is 7.11. The van der Waals surface area contributed by atoms with Crippen LogP contribution in [0.4, 0.5) is 0 Å². The van der Waals surface area contributed by atoms with Crippen LogP contribution in [0.2, 0.25) is 0 Å². The summed E-state index contributed by atoms with van der Waals surface area (Å²) in [6.45, 7) is 4.24. The Labute approximate surface area is 111 Å². The third-order valence-corrected chi connectivity index (χ3v) is 5.05. The molecule has 4 nitrogen and oxygen atoms in total. The molecule has 0 unspecified atom stereocenters. The smallest absolute Gasteiger partial charge is 0.263 e. The first-order valence-corrected chi connectivity index (χ1v) is 7.58. The summed E-state index contributed by atoms with van der Waals surface area (Å²) in [5.74, 6) is 0.0624. The van der Waals surface area contributed by atoms with Crippen LogP contribution in [0.5, 0.6) is 0 Å². The molecule has 1 aromatic rings. The second-order valence-corrected chi connectivity index (χ2v) is 6.09. The molecule has 98 valence electrons. The minimum atomic E-state index is 0.0624. The van der Waals surface area contributed by atoms with E-state index >= 15 is 0 Å². The molecule has 2 fully saturated rings. The van der Waals surface area contributed by atoms with E-state index in [-0.39, 0.29) is 5.91 Å². The van der Waals surface area contributed by atoms with Crippen molar-refractivity contribution in [3.63, 3.8) is 0 Å². The third kappa shape index (κ3) is 2.17. The molecule has 2 aliphatic rings. The monoisotopic (exact) mass is 265 g/mol. The summed E-state index contributed by atoms with van der Waals surface area (Å²) in [4.78, 5) is 19.6. The average Bonchev–Trinajstić information content (AvgIpc) is 2.97. The molecular formula is C13H19N3OS. The van der Waals surface area contributed by atoms with Gasteiger partial charge in [-0.15, -0.1) is 11.3 Å². The molecule has 0 aliphatic carbocycles. The number of hydrogen-bond acceptors (Lipinski definition) is 4. The molecule has 18 heavy (non-hydrogen) atoms. The van der Waals surface area contributed by atoms with Crippen LogP contribution < -0.4 is 5.32 Å². The number of nitrogens with zero attached hydrogens (tertiary/aromatic N) is 2. The van der Waals surface area contributed by atoms with Gasteiger partial charge < -0.3 is 5.32 Å². The quantitative estimate of drug-likeness (QED) is 0.887. The molecule has 0 bridgehead atoms. The summed E-state index contributed by atoms with van der Waals surface area (Å²) < 4.78 is 0. The summed E-state index contributed by atoms with van der Waals surface area (Å²) in [6, 6.07) is 0.898. The fraction of sp³-hybridized carbons (Fsp3) is 0.692. The van der Waals surface area contributed by atoms with Crippen LogP contribution in [-0.2, 0) is 0 Å². The molecule has 0 saturated carbocycles. The summed E-state index contributed by atoms with van der Waals surface area (Å²) in [5.41, 5.74) is 2.59. The Hall–Kier alpha value is -0.940. The van der Waals surface area contributed by atoms with Crippen LogP contribution in [0.25, 0.3) is 0 Å². The lowest BCUT2D eigenvalue weighted by molar-refractivity contribution is 0.0918. The van der Waals surface area contributed by atoms with E-state index in [1.54, 1.807) is 5.51 Å². The predicted molar refractivity (Wildman–Crippen MR) is 71.9 cm³/mol. The normalized spacial score (nSPS) is 28.1. The van der Waals surface area contributed by atoms with Gasteiger partial charge in [-0.2, -0.15) is 0 Å². The zero-order chi connectivity index (χ0) is 12.5. The Balaban J connectivity index is 1.66. The Bertz CT molecular complexity index is 445. The number of aryl methyl sites for hydroxylation is 1. The van der Waals surface area contributed by atoms with Gasteiger partial charge in [0.05, 0.1) is 11.2 Å². The maximum Gasteiger partial charge on any atom is 0.263 e. The minimum Gasteiger partial charge on any atom is -0.347 e. The van der Waals surface area contributed by atoms with Gasteiger partial charge in [-0.3, -0.25) is 9.69 Å². The van der Waals surface area contributed by atoms with E-state index in [0.717, 1.165) is 23.5 Å². The van der Waals surface area contributed by atoms with Gasteiger partial charge in [-0.25, -0.2) is 4.98 Å². The third-order valence-electron chi connectivity index (χ3n) is 4.12. The molecule has 5 heteroatoms. The number of carbonyl (C=O) groups is 1. The Kier molecular flexibility index (Phi) is 3.35. The van der Waals surface area contributed by atoms with Gasteiger partial charge in [-0.05, 0) is 32.7 Å². The van der Waals surface area contributed by atoms with Crippen molar-refractivity contribution in [1.29, 1.82) is 0 Å². The summed E-state index contributed by atoms with van der Waals surface area (Å²) in [7, 11) is 0. The number of fused-ring (bicyclic) bond motifs is 1. The summed E-state index contributed by atoms with van der Waals surface area (Å²) in [6.07, 6.45) is 4.93. The zero-order valence-electron chi connectivity index (χ0n) is 10.7. The largest absolute Gasteiger partial charge is 0.347 e. The highest BCUT2D eigenvalue weighted by Crippen LogP contribution is 2.27. The van der Waals surface area contributed by atoms with Crippen LogP contribution >= 0.6 is 11.3 Å². The van der Waals surface area contributed by atoms with Crippen LogP contribution in [0, 0.1) is 6.92 Å². The van der Waals surface area contributed by atoms with Crippen molar-refractivity contribution in [3.8, 4) is 0 Å². The van der Waals surface area contributed by atoms with Gasteiger partial charge in [0.15, 0.2) is 0 Å². The second-order valence-electron chi connectivity index (χ2n) is 5.23. The first-order valence-electron chi connectivity index (χ1n) is 6.70. The number of rotatable bonds is 2. The van der Waals surface area contributed by atoms with E-state index in [2.05, 4.69) is 15.2 Å². The van der Waals surface area contributed by atoms with E-state index in [0.29, 0.717) is 12.1 Å². The van der Waals surface area contributed by atoms with Crippen molar-refractivity contribution in [2.45, 2.75) is 44.7 Å². The van der Waals surface area contributed by atoms with Crippen LogP contribution in [0.1, 0.15) is 41.0 Å². The maximum atomic E-state index is 12.2. The van der Waals surface area contributed by atoms with Gasteiger partial charge in [-0.1, -0.05) is 6.42 Å². The molecule has 1 amide bonds. The maximum absolute atomic E-state index is 12.2. The highest BCUT2D eigenvalue weighted by Gasteiger charge is 2.36. The van der Waals surface area contributed by atoms with Crippen molar-refractivity contribution >= 4 is 17.2 Å². The number of carbonyl (C=O) groups excluding carboxylic acids is 1. The second kappa shape index (κ2) is 4.97. The fourth-order valence-corrected chi connectivity index (χ4v) is 3.87. The molecular weight excluding hydrogens is 246 g/mol. The Morgan fingerprint density at radius 3 is 3.11 bits per heavy atom. The van der Waals surface area contributed by atoms with Gasteiger partial charge in [0, 0.05) is 18.6 Å². The zero-order valence-corrected chi connectivity index (χ0v) is 11.5. The number of aromatic nitrogens is 1. The number of piperidine rings is 1. The topological polar surface area (TPSA) is 45.2 Å². The summed E-state index contributed by atoms with van der Waals surface area (Å²) in [5, 5.41) is 3.21. The minimum absolute atomic E-state index is 0.0624. The van der Waals surface area contributed by atoms with Gasteiger partial charge in [0.25, 0.3) is 5.91 Å². The lowest BCUT2D eigenvalue weighted by atomic mass is 9.99. The van der Waals surface area contributed by atoms with Gasteiger partial charge in [0.1, 0.15) is 4.88 Å². The first-order chi connectivity index (χ1) is 8.75. The van der Waals surface area contributed by atoms with E-state index in [1.807, 2.05) is 6.92 Å². The van der Waals surface area contributed by atoms with E-state index < -0.39 is 0 Å². The Morgan fingerprint density at radius 2 is 2.33 bits per heavy atom. The van der Waals surface area contributed by atoms with Crippen LogP contribution in [0.15, 0.2) is 5.51 Å². The SMILES string of the molecule is Cc1ncsc1C(=O)N[C@@H]1CCN2CCCC[C@@H]12. The molecule has 0 spiro atoms. The standard InChI is InChI=1S/C13H19N3OS/c1-9-12(18-8-14-9)13(17)15-10-5-7-16-6-3-2-4-11(10)16/h8,10-11H,2-7H2,1H3,(H,15,17)/t10-,11+/m1/s1. The number of thiazole rings is 1. The molecule has 0 aromatic carbocycles. The molecule has 2 saturated heterocycles. The molecule has 2 atom stereocenters. The molecule has 1 N–H and O–H groups in total. The highest BCUT2D eigenvalue weighted by atomic mass is 32.1. The lowest BCUT2D eigenvalue weighted by Crippen LogP contribution is -2.46. The molecule has 0 radical (unpaired) electrons. The Morgan fingerprint density at radius 1 is 1.44 bits per heavy atom. The van der Waals surface area contributed by atoms with Crippen LogP contribution in [0.3, 0.4) is 0 Å². The molecule has 1 aromatic heterocycles. The van der Waals surface area contributed by atoms with Crippen molar-refractivity contribution in [2.24, 2.45) is 0 Å². The molecule has 2 aliphatic heterocycles. The first kappa shape index (κ1) is 12.1. The van der Waals surface area contributed by atoms with Crippen molar-refractivity contribution < 1.29 is 4.79 Å². The van der Waals surface area contributed by atoms with Crippen LogP contribution in [-0.4, -0.2) is 41.0 Å². The van der Waals surface area contributed by atoms with E-state index in [1.165, 1.54) is 37.1 Å². The van der Waals surface area contributed by atoms with E-state index in [9.17, 15) is 4.79 Å². The number of hydrogen-bond donors (Lipinski definition) is 1. The fourth-order valence-electron chi connectivity index (χ4n) is 3.17. The van der Waals surface area contributed by atoms with Crippen molar-refractivity contribution in [3.05, 3.63) is 16.1 Å². The number of amides is 1. The van der Waals surface area contributed by atoms with Gasteiger partial charge in [0.2, 0.25) is 0 Å². The number of nitrogens with one attached hydrogen (secondary N) is 1. The van der Waals surface area contributed by atoms with Crippen molar-refractivity contribution in [2.75, 3.05) is 13.1 Å². The average molecular weight is 265 g/mol. The lowest BCUT2D eigenvalue weighted by Gasteiger charge is -2.32. The van der Waals surface area contributed by atoms with Gasteiger partial charge >= 0.3 is 0 Å².